The Morgan fingerprint density at radius 3 is 1.70 bits per heavy atom. The Kier molecular flexibility index (Phi) is 29.7. The number of hydrogen-bond donors (Lipinski definition) is 5. The lowest BCUT2D eigenvalue weighted by Crippen LogP contribution is -2.31. The number of amides is 3. The predicted octanol–water partition coefficient (Wildman–Crippen LogP) is 1.46. The maximum Gasteiger partial charge on any atom is 0.306 e. The van der Waals surface area contributed by atoms with Crippen LogP contribution in [-0.2, 0) is 47.7 Å². The van der Waals surface area contributed by atoms with E-state index < -0.39 is 17.9 Å². The zero-order chi connectivity index (χ0) is 34.1. The van der Waals surface area contributed by atoms with Crippen LogP contribution in [0.3, 0.4) is 0 Å². The SMILES string of the molecule is O=CCOCCOCCNC(=O)CCCNC(=O)COCCOCCNC(=O)CC[C@H](CCCCCCCCCC(=O)O)C(=O)O. The number of carboxylic acid groups (broad SMARTS) is 2. The van der Waals surface area contributed by atoms with Crippen molar-refractivity contribution in [3.63, 3.8) is 0 Å². The number of nitrogens with one attached hydrogen (secondary N) is 3. The van der Waals surface area contributed by atoms with Crippen LogP contribution in [-0.4, -0.2) is 119 Å². The molecule has 0 aromatic rings. The van der Waals surface area contributed by atoms with Crippen molar-refractivity contribution >= 4 is 35.9 Å². The van der Waals surface area contributed by atoms with Crippen molar-refractivity contribution in [3.8, 4) is 0 Å². The Labute approximate surface area is 271 Å². The van der Waals surface area contributed by atoms with Gasteiger partial charge in [-0.3, -0.25) is 24.0 Å². The second kappa shape index (κ2) is 31.8. The molecule has 0 radical (unpaired) electrons. The minimum Gasteiger partial charge on any atom is -0.481 e. The number of rotatable bonds is 34. The molecular weight excluding hydrogens is 606 g/mol. The average molecular weight is 662 g/mol. The Morgan fingerprint density at radius 2 is 1.09 bits per heavy atom. The van der Waals surface area contributed by atoms with Gasteiger partial charge >= 0.3 is 11.9 Å². The molecule has 0 saturated carbocycles. The first-order chi connectivity index (χ1) is 22.3. The van der Waals surface area contributed by atoms with Crippen LogP contribution in [0.1, 0.15) is 83.5 Å². The monoisotopic (exact) mass is 661 g/mol. The van der Waals surface area contributed by atoms with Crippen LogP contribution in [0.25, 0.3) is 0 Å². The molecule has 5 N–H and O–H groups in total. The molecule has 266 valence electrons. The van der Waals surface area contributed by atoms with E-state index in [9.17, 15) is 33.9 Å². The molecule has 0 aromatic heterocycles. The van der Waals surface area contributed by atoms with Crippen LogP contribution in [0.2, 0.25) is 0 Å². The van der Waals surface area contributed by atoms with Gasteiger partial charge in [-0.2, -0.15) is 0 Å². The van der Waals surface area contributed by atoms with E-state index in [1.165, 1.54) is 0 Å². The summed E-state index contributed by atoms with van der Waals surface area (Å²) in [5, 5.41) is 26.2. The minimum absolute atomic E-state index is 0.0345. The topological polar surface area (TPSA) is 216 Å². The molecule has 0 fully saturated rings. The minimum atomic E-state index is -0.893. The van der Waals surface area contributed by atoms with Gasteiger partial charge in [0, 0.05) is 38.9 Å². The van der Waals surface area contributed by atoms with Crippen LogP contribution in [0.5, 0.6) is 0 Å². The van der Waals surface area contributed by atoms with Crippen LogP contribution in [0.15, 0.2) is 0 Å². The summed E-state index contributed by atoms with van der Waals surface area (Å²) in [5.74, 6) is -2.90. The third kappa shape index (κ3) is 30.9. The molecule has 46 heavy (non-hydrogen) atoms. The summed E-state index contributed by atoms with van der Waals surface area (Å²) >= 11 is 0. The first kappa shape index (κ1) is 42.9. The second-order valence-corrected chi connectivity index (χ2v) is 10.7. The lowest BCUT2D eigenvalue weighted by molar-refractivity contribution is -0.142. The number of aliphatic carboxylic acids is 2. The standard InChI is InChI=1S/C31H55N3O12/c35-17-20-45-22-21-43-18-15-33-27(36)10-8-14-32-29(38)25-46-24-23-44-19-16-34-28(37)13-12-26(31(41)42)9-6-4-2-1-3-5-7-11-30(39)40/h17,26H,1-16,18-25H2,(H,32,38)(H,33,36)(H,34,37)(H,39,40)(H,41,42)/t26-/m0/s1. The number of aldehydes is 1. The van der Waals surface area contributed by atoms with E-state index in [4.69, 9.17) is 24.1 Å². The van der Waals surface area contributed by atoms with Crippen LogP contribution in [0.4, 0.5) is 0 Å². The van der Waals surface area contributed by atoms with E-state index in [1.807, 2.05) is 0 Å². The summed E-state index contributed by atoms with van der Waals surface area (Å²) in [5.41, 5.74) is 0. The van der Waals surface area contributed by atoms with Crippen molar-refractivity contribution < 1.29 is 57.9 Å². The lowest BCUT2D eigenvalue weighted by atomic mass is 9.95. The van der Waals surface area contributed by atoms with Crippen LogP contribution >= 0.6 is 0 Å². The molecule has 0 spiro atoms. The molecule has 15 nitrogen and oxygen atoms in total. The molecule has 0 aliphatic rings. The van der Waals surface area contributed by atoms with E-state index >= 15 is 0 Å². The van der Waals surface area contributed by atoms with Gasteiger partial charge in [0.15, 0.2) is 0 Å². The number of carbonyl (C=O) groups is 6. The van der Waals surface area contributed by atoms with E-state index in [1.54, 1.807) is 0 Å². The van der Waals surface area contributed by atoms with Crippen LogP contribution in [0, 0.1) is 5.92 Å². The first-order valence-electron chi connectivity index (χ1n) is 16.3. The zero-order valence-corrected chi connectivity index (χ0v) is 27.1. The summed E-state index contributed by atoms with van der Waals surface area (Å²) in [6, 6.07) is 0. The highest BCUT2D eigenvalue weighted by molar-refractivity contribution is 5.78. The quantitative estimate of drug-likeness (QED) is 0.0489. The predicted molar refractivity (Wildman–Crippen MR) is 167 cm³/mol. The second-order valence-electron chi connectivity index (χ2n) is 10.7. The number of unbranched alkanes of at least 4 members (excludes halogenated alkanes) is 6. The molecule has 0 aromatic carbocycles. The molecule has 1 atom stereocenters. The summed E-state index contributed by atoms with van der Waals surface area (Å²) in [6.07, 6.45) is 8.79. The number of hydrogen-bond acceptors (Lipinski definition) is 10. The molecule has 0 saturated heterocycles. The molecule has 3 amide bonds. The fourth-order valence-corrected chi connectivity index (χ4v) is 4.21. The fourth-order valence-electron chi connectivity index (χ4n) is 4.21. The van der Waals surface area contributed by atoms with E-state index in [0.29, 0.717) is 58.5 Å². The molecule has 15 heteroatoms. The molecule has 0 aliphatic carbocycles. The van der Waals surface area contributed by atoms with Gasteiger partial charge in [-0.15, -0.1) is 0 Å². The zero-order valence-electron chi connectivity index (χ0n) is 27.1. The van der Waals surface area contributed by atoms with Gasteiger partial charge in [0.1, 0.15) is 19.5 Å². The highest BCUT2D eigenvalue weighted by Gasteiger charge is 2.18. The van der Waals surface area contributed by atoms with E-state index in [-0.39, 0.29) is 83.0 Å². The first-order valence-corrected chi connectivity index (χ1v) is 16.3. The van der Waals surface area contributed by atoms with Crippen molar-refractivity contribution in [2.24, 2.45) is 5.92 Å². The summed E-state index contributed by atoms with van der Waals surface area (Å²) in [6.45, 7) is 2.54. The van der Waals surface area contributed by atoms with Gasteiger partial charge in [0.05, 0.1) is 45.6 Å². The largest absolute Gasteiger partial charge is 0.481 e. The summed E-state index contributed by atoms with van der Waals surface area (Å²) < 4.78 is 20.8. The van der Waals surface area contributed by atoms with Crippen molar-refractivity contribution in [1.82, 2.24) is 16.0 Å². The van der Waals surface area contributed by atoms with Gasteiger partial charge in [0.25, 0.3) is 0 Å². The fraction of sp³-hybridized carbons (Fsp3) is 0.806. The van der Waals surface area contributed by atoms with E-state index in [0.717, 1.165) is 38.5 Å². The van der Waals surface area contributed by atoms with Gasteiger partial charge in [-0.25, -0.2) is 0 Å². The van der Waals surface area contributed by atoms with E-state index in [2.05, 4.69) is 16.0 Å². The molecule has 0 unspecified atom stereocenters. The normalized spacial score (nSPS) is 11.5. The Bertz CT molecular complexity index is 844. The molecular formula is C31H55N3O12. The third-order valence-corrected chi connectivity index (χ3v) is 6.72. The third-order valence-electron chi connectivity index (χ3n) is 6.72. The van der Waals surface area contributed by atoms with Crippen molar-refractivity contribution in [3.05, 3.63) is 0 Å². The van der Waals surface area contributed by atoms with Gasteiger partial charge < -0.3 is 49.9 Å². The Balaban J connectivity index is 3.61. The van der Waals surface area contributed by atoms with Crippen molar-refractivity contribution in [2.45, 2.75) is 83.5 Å². The molecule has 0 aliphatic heterocycles. The van der Waals surface area contributed by atoms with Gasteiger partial charge in [0.2, 0.25) is 17.7 Å². The molecule has 0 heterocycles. The van der Waals surface area contributed by atoms with Crippen LogP contribution < -0.4 is 16.0 Å². The van der Waals surface area contributed by atoms with Gasteiger partial charge in [-0.05, 0) is 25.7 Å². The summed E-state index contributed by atoms with van der Waals surface area (Å²) in [4.78, 5) is 67.8. The van der Waals surface area contributed by atoms with Crippen molar-refractivity contribution in [1.29, 1.82) is 0 Å². The maximum absolute atomic E-state index is 12.1. The average Bonchev–Trinajstić information content (AvgIpc) is 3.02. The summed E-state index contributed by atoms with van der Waals surface area (Å²) in [7, 11) is 0. The number of carboxylic acids is 2. The highest BCUT2D eigenvalue weighted by atomic mass is 16.5. The highest BCUT2D eigenvalue weighted by Crippen LogP contribution is 2.17. The number of carbonyl (C=O) groups excluding carboxylic acids is 4. The molecule has 0 bridgehead atoms. The van der Waals surface area contributed by atoms with Gasteiger partial charge in [-0.1, -0.05) is 38.5 Å². The smallest absolute Gasteiger partial charge is 0.306 e. The van der Waals surface area contributed by atoms with Crippen molar-refractivity contribution in [2.75, 3.05) is 72.5 Å². The Hall–Kier alpha value is -3.14. The Morgan fingerprint density at radius 1 is 0.543 bits per heavy atom. The lowest BCUT2D eigenvalue weighted by Gasteiger charge is -2.12. The number of ether oxygens (including phenoxy) is 4. The maximum atomic E-state index is 12.1. The molecule has 0 rings (SSSR count).